The lowest BCUT2D eigenvalue weighted by Crippen LogP contribution is -2.27. The molecule has 0 spiro atoms. The molecule has 17 heavy (non-hydrogen) atoms. The highest BCUT2D eigenvalue weighted by molar-refractivity contribution is 7.99. The topological polar surface area (TPSA) is 21.3 Å². The summed E-state index contributed by atoms with van der Waals surface area (Å²) in [4.78, 5) is 0. The first-order valence-electron chi connectivity index (χ1n) is 6.12. The Kier molecular flexibility index (Phi) is 6.45. The van der Waals surface area contributed by atoms with Gasteiger partial charge in [0, 0.05) is 23.9 Å². The van der Waals surface area contributed by atoms with Crippen molar-refractivity contribution >= 4 is 11.8 Å². The molecule has 1 rings (SSSR count). The van der Waals surface area contributed by atoms with Gasteiger partial charge in [0.2, 0.25) is 0 Å². The lowest BCUT2D eigenvalue weighted by Gasteiger charge is -2.15. The number of nitrogens with one attached hydrogen (secondary N) is 1. The highest BCUT2D eigenvalue weighted by Gasteiger charge is 2.05. The molecule has 1 unspecified atom stereocenters. The van der Waals surface area contributed by atoms with Crippen LogP contribution in [0, 0.1) is 6.92 Å². The third-order valence-corrected chi connectivity index (χ3v) is 3.79. The largest absolute Gasteiger partial charge is 0.496 e. The fourth-order valence-electron chi connectivity index (χ4n) is 1.68. The molecule has 3 heteroatoms. The molecular formula is C14H23NOS. The number of hydrogen-bond donors (Lipinski definition) is 1. The van der Waals surface area contributed by atoms with Crippen LogP contribution in [0.15, 0.2) is 18.2 Å². The van der Waals surface area contributed by atoms with E-state index in [-0.39, 0.29) is 0 Å². The molecule has 1 aromatic rings. The number of rotatable bonds is 7. The molecule has 0 saturated heterocycles. The summed E-state index contributed by atoms with van der Waals surface area (Å²) in [7, 11) is 1.73. The van der Waals surface area contributed by atoms with E-state index < -0.39 is 0 Å². The van der Waals surface area contributed by atoms with Gasteiger partial charge in [0.25, 0.3) is 0 Å². The molecule has 0 aliphatic carbocycles. The Hall–Kier alpha value is -0.670. The summed E-state index contributed by atoms with van der Waals surface area (Å²) >= 11 is 1.97. The van der Waals surface area contributed by atoms with Crippen molar-refractivity contribution in [3.63, 3.8) is 0 Å². The molecule has 1 atom stereocenters. The van der Waals surface area contributed by atoms with Crippen molar-refractivity contribution < 1.29 is 4.74 Å². The first-order valence-corrected chi connectivity index (χ1v) is 7.27. The van der Waals surface area contributed by atoms with Gasteiger partial charge < -0.3 is 10.1 Å². The van der Waals surface area contributed by atoms with Gasteiger partial charge in [-0.05, 0) is 25.7 Å². The molecule has 1 aromatic carbocycles. The molecule has 0 saturated carbocycles. The standard InChI is InChI=1S/C14H23NOS/c1-5-17-10-12(3)15-9-13-8-11(2)6-7-14(13)16-4/h6-8,12,15H,5,9-10H2,1-4H3. The van der Waals surface area contributed by atoms with Crippen molar-refractivity contribution in [2.75, 3.05) is 18.6 Å². The first-order chi connectivity index (χ1) is 8.17. The second kappa shape index (κ2) is 7.62. The molecule has 96 valence electrons. The molecule has 0 aromatic heterocycles. The van der Waals surface area contributed by atoms with Gasteiger partial charge in [0.05, 0.1) is 7.11 Å². The number of methoxy groups -OCH3 is 1. The summed E-state index contributed by atoms with van der Waals surface area (Å²) in [5.74, 6) is 3.31. The Bertz CT molecular complexity index is 341. The summed E-state index contributed by atoms with van der Waals surface area (Å²) < 4.78 is 5.37. The van der Waals surface area contributed by atoms with Gasteiger partial charge in [-0.25, -0.2) is 0 Å². The zero-order valence-electron chi connectivity index (χ0n) is 11.2. The van der Waals surface area contributed by atoms with E-state index in [4.69, 9.17) is 4.74 Å². The maximum Gasteiger partial charge on any atom is 0.123 e. The Morgan fingerprint density at radius 2 is 2.18 bits per heavy atom. The second-order valence-electron chi connectivity index (χ2n) is 4.26. The molecule has 0 aliphatic rings. The van der Waals surface area contributed by atoms with Gasteiger partial charge in [0.1, 0.15) is 5.75 Å². The number of thioether (sulfide) groups is 1. The van der Waals surface area contributed by atoms with Crippen LogP contribution in [-0.4, -0.2) is 24.7 Å². The molecule has 0 amide bonds. The van der Waals surface area contributed by atoms with E-state index in [1.807, 2.05) is 17.8 Å². The molecule has 2 nitrogen and oxygen atoms in total. The van der Waals surface area contributed by atoms with Crippen LogP contribution in [0.4, 0.5) is 0 Å². The van der Waals surface area contributed by atoms with Gasteiger partial charge in [-0.3, -0.25) is 0 Å². The molecule has 0 radical (unpaired) electrons. The summed E-state index contributed by atoms with van der Waals surface area (Å²) in [6, 6.07) is 6.84. The van der Waals surface area contributed by atoms with Crippen LogP contribution in [0.1, 0.15) is 25.0 Å². The van der Waals surface area contributed by atoms with Crippen LogP contribution in [-0.2, 0) is 6.54 Å². The minimum Gasteiger partial charge on any atom is -0.496 e. The minimum absolute atomic E-state index is 0.533. The summed E-state index contributed by atoms with van der Waals surface area (Å²) in [6.07, 6.45) is 0. The molecule has 1 N–H and O–H groups in total. The Balaban J connectivity index is 2.52. The number of ether oxygens (including phenoxy) is 1. The Labute approximate surface area is 109 Å². The van der Waals surface area contributed by atoms with E-state index in [9.17, 15) is 0 Å². The van der Waals surface area contributed by atoms with Crippen LogP contribution >= 0.6 is 11.8 Å². The van der Waals surface area contributed by atoms with E-state index >= 15 is 0 Å². The van der Waals surface area contributed by atoms with Crippen molar-refractivity contribution in [1.29, 1.82) is 0 Å². The van der Waals surface area contributed by atoms with Gasteiger partial charge >= 0.3 is 0 Å². The Morgan fingerprint density at radius 3 is 2.82 bits per heavy atom. The van der Waals surface area contributed by atoms with Gasteiger partial charge in [-0.15, -0.1) is 0 Å². The number of hydrogen-bond acceptors (Lipinski definition) is 3. The van der Waals surface area contributed by atoms with Crippen LogP contribution < -0.4 is 10.1 Å². The van der Waals surface area contributed by atoms with E-state index in [0.717, 1.165) is 18.0 Å². The number of benzene rings is 1. The van der Waals surface area contributed by atoms with Crippen molar-refractivity contribution in [1.82, 2.24) is 5.32 Å². The average molecular weight is 253 g/mol. The number of aryl methyl sites for hydroxylation is 1. The predicted octanol–water partition coefficient (Wildman–Crippen LogP) is 3.23. The van der Waals surface area contributed by atoms with Crippen LogP contribution in [0.25, 0.3) is 0 Å². The van der Waals surface area contributed by atoms with E-state index in [1.165, 1.54) is 16.9 Å². The summed E-state index contributed by atoms with van der Waals surface area (Å²) in [5.41, 5.74) is 2.51. The minimum atomic E-state index is 0.533. The highest BCUT2D eigenvalue weighted by atomic mass is 32.2. The van der Waals surface area contributed by atoms with E-state index in [1.54, 1.807) is 7.11 Å². The van der Waals surface area contributed by atoms with Gasteiger partial charge in [-0.1, -0.05) is 24.6 Å². The van der Waals surface area contributed by atoms with Gasteiger partial charge in [-0.2, -0.15) is 11.8 Å². The molecule has 0 aliphatic heterocycles. The van der Waals surface area contributed by atoms with Crippen molar-refractivity contribution in [2.45, 2.75) is 33.4 Å². The van der Waals surface area contributed by atoms with Gasteiger partial charge in [0.15, 0.2) is 0 Å². The van der Waals surface area contributed by atoms with E-state index in [0.29, 0.717) is 6.04 Å². The molecule has 0 fully saturated rings. The summed E-state index contributed by atoms with van der Waals surface area (Å²) in [6.45, 7) is 7.40. The maximum absolute atomic E-state index is 5.37. The van der Waals surface area contributed by atoms with Crippen LogP contribution in [0.5, 0.6) is 5.75 Å². The normalized spacial score (nSPS) is 12.5. The highest BCUT2D eigenvalue weighted by Crippen LogP contribution is 2.19. The summed E-state index contributed by atoms with van der Waals surface area (Å²) in [5, 5.41) is 3.53. The van der Waals surface area contributed by atoms with Crippen molar-refractivity contribution in [2.24, 2.45) is 0 Å². The third-order valence-electron chi connectivity index (χ3n) is 2.65. The zero-order valence-corrected chi connectivity index (χ0v) is 12.1. The SMILES string of the molecule is CCSCC(C)NCc1cc(C)ccc1OC. The zero-order chi connectivity index (χ0) is 12.7. The molecule has 0 bridgehead atoms. The Morgan fingerprint density at radius 1 is 1.41 bits per heavy atom. The first kappa shape index (κ1) is 14.4. The fraction of sp³-hybridized carbons (Fsp3) is 0.571. The smallest absolute Gasteiger partial charge is 0.123 e. The lowest BCUT2D eigenvalue weighted by atomic mass is 10.1. The lowest BCUT2D eigenvalue weighted by molar-refractivity contribution is 0.406. The van der Waals surface area contributed by atoms with Crippen LogP contribution in [0.3, 0.4) is 0 Å². The average Bonchev–Trinajstić information content (AvgIpc) is 2.34. The van der Waals surface area contributed by atoms with Crippen LogP contribution in [0.2, 0.25) is 0 Å². The molecule has 0 heterocycles. The predicted molar refractivity (Wildman–Crippen MR) is 77.0 cm³/mol. The quantitative estimate of drug-likeness (QED) is 0.806. The van der Waals surface area contributed by atoms with E-state index in [2.05, 4.69) is 38.2 Å². The second-order valence-corrected chi connectivity index (χ2v) is 5.58. The monoisotopic (exact) mass is 253 g/mol. The molecular weight excluding hydrogens is 230 g/mol. The van der Waals surface area contributed by atoms with Crippen molar-refractivity contribution in [3.05, 3.63) is 29.3 Å². The maximum atomic E-state index is 5.37. The third kappa shape index (κ3) is 5.00. The van der Waals surface area contributed by atoms with Crippen molar-refractivity contribution in [3.8, 4) is 5.75 Å². The fourth-order valence-corrected chi connectivity index (χ4v) is 2.39.